The number of sulfone groups is 1. The maximum absolute atomic E-state index is 11.3. The lowest BCUT2D eigenvalue weighted by Gasteiger charge is -2.10. The van der Waals surface area contributed by atoms with Crippen LogP contribution in [0.2, 0.25) is 0 Å². The maximum Gasteiger partial charge on any atom is 0.266 e. The Balaban J connectivity index is 1.99. The van der Waals surface area contributed by atoms with Crippen molar-refractivity contribution in [1.29, 1.82) is 0 Å². The molecule has 0 aliphatic carbocycles. The van der Waals surface area contributed by atoms with E-state index in [1.54, 1.807) is 0 Å². The summed E-state index contributed by atoms with van der Waals surface area (Å²) in [6, 6.07) is 0. The average Bonchev–Trinajstić information content (AvgIpc) is 2.61. The molecule has 94 valence electrons. The SMILES string of the molecule is O=c1[nH]cnc(NCC2CCS(=O)(=O)C2)c1I. The molecule has 1 aromatic heterocycles. The molecule has 17 heavy (non-hydrogen) atoms. The molecule has 2 N–H and O–H groups in total. The zero-order valence-corrected chi connectivity index (χ0v) is 11.9. The Bertz CT molecular complexity index is 569. The van der Waals surface area contributed by atoms with E-state index >= 15 is 0 Å². The van der Waals surface area contributed by atoms with Crippen LogP contribution in [-0.4, -0.2) is 36.4 Å². The average molecular weight is 369 g/mol. The van der Waals surface area contributed by atoms with Gasteiger partial charge in [0.2, 0.25) is 0 Å². The summed E-state index contributed by atoms with van der Waals surface area (Å²) in [5, 5.41) is 3.03. The van der Waals surface area contributed by atoms with Gasteiger partial charge in [0, 0.05) is 6.54 Å². The number of aromatic amines is 1. The topological polar surface area (TPSA) is 91.9 Å². The highest BCUT2D eigenvalue weighted by Crippen LogP contribution is 2.19. The van der Waals surface area contributed by atoms with Gasteiger partial charge in [0.05, 0.1) is 17.8 Å². The molecule has 0 aromatic carbocycles. The predicted octanol–water partition coefficient (Wildman–Crippen LogP) is 0.221. The van der Waals surface area contributed by atoms with Crippen molar-refractivity contribution in [2.24, 2.45) is 5.92 Å². The van der Waals surface area contributed by atoms with Gasteiger partial charge in [-0.05, 0) is 34.9 Å². The lowest BCUT2D eigenvalue weighted by molar-refractivity contribution is 0.595. The second kappa shape index (κ2) is 4.92. The highest BCUT2D eigenvalue weighted by atomic mass is 127. The molecule has 6 nitrogen and oxygen atoms in total. The molecule has 0 radical (unpaired) electrons. The molecule has 1 aliphatic heterocycles. The molecule has 0 bridgehead atoms. The largest absolute Gasteiger partial charge is 0.369 e. The van der Waals surface area contributed by atoms with Gasteiger partial charge in [0.1, 0.15) is 9.39 Å². The summed E-state index contributed by atoms with van der Waals surface area (Å²) < 4.78 is 23.0. The van der Waals surface area contributed by atoms with Crippen LogP contribution in [0.25, 0.3) is 0 Å². The van der Waals surface area contributed by atoms with Gasteiger partial charge in [-0.2, -0.15) is 0 Å². The van der Waals surface area contributed by atoms with Crippen LogP contribution in [0, 0.1) is 9.49 Å². The van der Waals surface area contributed by atoms with Crippen LogP contribution in [-0.2, 0) is 9.84 Å². The van der Waals surface area contributed by atoms with Gasteiger partial charge in [-0.3, -0.25) is 4.79 Å². The first-order valence-corrected chi connectivity index (χ1v) is 8.05. The highest BCUT2D eigenvalue weighted by Gasteiger charge is 2.27. The lowest BCUT2D eigenvalue weighted by Crippen LogP contribution is -2.20. The molecule has 0 spiro atoms. The number of halogens is 1. The summed E-state index contributed by atoms with van der Waals surface area (Å²) in [5.41, 5.74) is -0.192. The van der Waals surface area contributed by atoms with E-state index in [0.717, 1.165) is 0 Å². The molecule has 2 rings (SSSR count). The maximum atomic E-state index is 11.3. The molecule has 8 heteroatoms. The van der Waals surface area contributed by atoms with E-state index in [1.165, 1.54) is 6.33 Å². The summed E-state index contributed by atoms with van der Waals surface area (Å²) in [7, 11) is -2.85. The quantitative estimate of drug-likeness (QED) is 0.744. The van der Waals surface area contributed by atoms with Crippen molar-refractivity contribution in [2.75, 3.05) is 23.4 Å². The first kappa shape index (κ1) is 12.8. The Labute approximate surface area is 112 Å². The van der Waals surface area contributed by atoms with E-state index in [-0.39, 0.29) is 23.0 Å². The summed E-state index contributed by atoms with van der Waals surface area (Å²) in [6.45, 7) is 0.533. The van der Waals surface area contributed by atoms with Crippen molar-refractivity contribution >= 4 is 38.2 Å². The third-order valence-corrected chi connectivity index (χ3v) is 5.52. The predicted molar refractivity (Wildman–Crippen MR) is 72.8 cm³/mol. The number of hydrogen-bond donors (Lipinski definition) is 2. The standard InChI is InChI=1S/C9H12IN3O3S/c10-7-8(12-5-13-9(7)14)11-3-6-1-2-17(15,16)4-6/h5-6H,1-4H2,(H2,11,12,13,14). The van der Waals surface area contributed by atoms with Crippen LogP contribution < -0.4 is 10.9 Å². The van der Waals surface area contributed by atoms with Crippen LogP contribution in [0.4, 0.5) is 5.82 Å². The van der Waals surface area contributed by atoms with Gasteiger partial charge >= 0.3 is 0 Å². The van der Waals surface area contributed by atoms with Gasteiger partial charge < -0.3 is 10.3 Å². The number of H-pyrrole nitrogens is 1. The number of hydrogen-bond acceptors (Lipinski definition) is 5. The number of rotatable bonds is 3. The van der Waals surface area contributed by atoms with Crippen LogP contribution in [0.15, 0.2) is 11.1 Å². The molecule has 1 aromatic rings. The van der Waals surface area contributed by atoms with Crippen molar-refractivity contribution in [2.45, 2.75) is 6.42 Å². The van der Waals surface area contributed by atoms with Crippen LogP contribution in [0.5, 0.6) is 0 Å². The number of anilines is 1. The molecule has 1 aliphatic rings. The second-order valence-electron chi connectivity index (χ2n) is 4.04. The molecule has 1 saturated heterocycles. The van der Waals surface area contributed by atoms with Crippen molar-refractivity contribution < 1.29 is 8.42 Å². The van der Waals surface area contributed by atoms with E-state index in [0.29, 0.717) is 22.4 Å². The Morgan fingerprint density at radius 2 is 2.35 bits per heavy atom. The fraction of sp³-hybridized carbons (Fsp3) is 0.556. The van der Waals surface area contributed by atoms with Crippen molar-refractivity contribution in [3.05, 3.63) is 20.3 Å². The number of nitrogens with one attached hydrogen (secondary N) is 2. The monoisotopic (exact) mass is 369 g/mol. The number of aromatic nitrogens is 2. The van der Waals surface area contributed by atoms with E-state index in [9.17, 15) is 13.2 Å². The van der Waals surface area contributed by atoms with Gasteiger partial charge in [-0.15, -0.1) is 0 Å². The van der Waals surface area contributed by atoms with E-state index in [1.807, 2.05) is 22.6 Å². The molecular formula is C9H12IN3O3S. The van der Waals surface area contributed by atoms with Gasteiger partial charge in [0.15, 0.2) is 9.84 Å². The molecular weight excluding hydrogens is 357 g/mol. The lowest BCUT2D eigenvalue weighted by atomic mass is 10.1. The minimum Gasteiger partial charge on any atom is -0.369 e. The zero-order valence-electron chi connectivity index (χ0n) is 8.94. The smallest absolute Gasteiger partial charge is 0.266 e. The van der Waals surface area contributed by atoms with Crippen molar-refractivity contribution in [1.82, 2.24) is 9.97 Å². The minimum absolute atomic E-state index is 0.108. The summed E-state index contributed by atoms with van der Waals surface area (Å²) in [4.78, 5) is 17.8. The van der Waals surface area contributed by atoms with E-state index in [4.69, 9.17) is 0 Å². The first-order valence-electron chi connectivity index (χ1n) is 5.15. The van der Waals surface area contributed by atoms with Crippen LogP contribution >= 0.6 is 22.6 Å². The van der Waals surface area contributed by atoms with E-state index in [2.05, 4.69) is 15.3 Å². The van der Waals surface area contributed by atoms with Crippen LogP contribution in [0.1, 0.15) is 6.42 Å². The van der Waals surface area contributed by atoms with Gasteiger partial charge in [0.25, 0.3) is 5.56 Å². The third-order valence-electron chi connectivity index (χ3n) is 2.68. The molecule has 0 amide bonds. The fourth-order valence-electron chi connectivity index (χ4n) is 1.78. The zero-order chi connectivity index (χ0) is 12.5. The highest BCUT2D eigenvalue weighted by molar-refractivity contribution is 14.1. The summed E-state index contributed by atoms with van der Waals surface area (Å²) >= 11 is 1.91. The van der Waals surface area contributed by atoms with Gasteiger partial charge in [-0.1, -0.05) is 0 Å². The molecule has 1 unspecified atom stereocenters. The normalized spacial score (nSPS) is 22.5. The summed E-state index contributed by atoms with van der Waals surface area (Å²) in [6.07, 6.45) is 2.01. The van der Waals surface area contributed by atoms with Gasteiger partial charge in [-0.25, -0.2) is 13.4 Å². The molecule has 0 saturated carbocycles. The van der Waals surface area contributed by atoms with Crippen molar-refractivity contribution in [3.63, 3.8) is 0 Å². The Hall–Kier alpha value is -0.640. The Morgan fingerprint density at radius 1 is 1.59 bits per heavy atom. The first-order chi connectivity index (χ1) is 7.98. The Kier molecular flexibility index (Phi) is 3.71. The van der Waals surface area contributed by atoms with E-state index < -0.39 is 9.84 Å². The number of nitrogens with zero attached hydrogens (tertiary/aromatic N) is 1. The third kappa shape index (κ3) is 3.18. The fourth-order valence-corrected chi connectivity index (χ4v) is 4.13. The van der Waals surface area contributed by atoms with Crippen molar-refractivity contribution in [3.8, 4) is 0 Å². The minimum atomic E-state index is -2.85. The van der Waals surface area contributed by atoms with Crippen LogP contribution in [0.3, 0.4) is 0 Å². The molecule has 2 heterocycles. The molecule has 1 atom stereocenters. The molecule has 1 fully saturated rings. The summed E-state index contributed by atoms with van der Waals surface area (Å²) in [5.74, 6) is 1.11. The second-order valence-corrected chi connectivity index (χ2v) is 7.35. The Morgan fingerprint density at radius 3 is 3.00 bits per heavy atom.